The molecule has 0 saturated carbocycles. The van der Waals surface area contributed by atoms with Gasteiger partial charge in [0.25, 0.3) is 5.76 Å². The molecule has 0 aliphatic carbocycles. The summed E-state index contributed by atoms with van der Waals surface area (Å²) in [5.74, 6) is -1.28. The van der Waals surface area contributed by atoms with Gasteiger partial charge in [-0.25, -0.2) is 14.4 Å². The highest BCUT2D eigenvalue weighted by Gasteiger charge is 2.41. The monoisotopic (exact) mass is 686 g/mol. The molecule has 0 saturated heterocycles. The van der Waals surface area contributed by atoms with Crippen LogP contribution < -0.4 is 9.47 Å². The predicted octanol–water partition coefficient (Wildman–Crippen LogP) is 7.19. The Hall–Kier alpha value is -3.37. The fourth-order valence-corrected chi connectivity index (χ4v) is 6.73. The second-order valence-corrected chi connectivity index (χ2v) is 14.9. The summed E-state index contributed by atoms with van der Waals surface area (Å²) in [7, 11) is 0. The second kappa shape index (κ2) is 18.0. The SMILES string of the molecule is Cc1c(C)c2c(c(C)c1OC(=O)/C=C\C(=O)OC1=C(O)C(C(O)CO)OC1=O)CCC(C)(CCCC(C)CCCC(C)CCCC(C)C)O2. The van der Waals surface area contributed by atoms with Crippen molar-refractivity contribution in [1.29, 1.82) is 0 Å². The number of carbonyl (C=O) groups is 3. The second-order valence-electron chi connectivity index (χ2n) is 14.9. The first kappa shape index (κ1) is 40.1. The normalized spacial score (nSPS) is 21.0. The molecule has 10 heteroatoms. The van der Waals surface area contributed by atoms with Gasteiger partial charge in [-0.3, -0.25) is 0 Å². The lowest BCUT2D eigenvalue weighted by Crippen LogP contribution is -2.37. The minimum atomic E-state index is -1.59. The summed E-state index contributed by atoms with van der Waals surface area (Å²) in [6.07, 6.45) is 11.3. The highest BCUT2D eigenvalue weighted by molar-refractivity contribution is 5.97. The van der Waals surface area contributed by atoms with E-state index in [1.54, 1.807) is 0 Å². The van der Waals surface area contributed by atoms with Crippen molar-refractivity contribution in [2.24, 2.45) is 17.8 Å². The van der Waals surface area contributed by atoms with Gasteiger partial charge in [-0.1, -0.05) is 72.6 Å². The van der Waals surface area contributed by atoms with E-state index in [1.807, 2.05) is 20.8 Å². The van der Waals surface area contributed by atoms with Crippen molar-refractivity contribution < 1.29 is 48.7 Å². The van der Waals surface area contributed by atoms with E-state index >= 15 is 0 Å². The summed E-state index contributed by atoms with van der Waals surface area (Å²) in [6.45, 7) is 16.5. The molecular formula is C39H58O10. The lowest BCUT2D eigenvalue weighted by Gasteiger charge is -2.38. The Bertz CT molecular complexity index is 1390. The van der Waals surface area contributed by atoms with E-state index in [2.05, 4.69) is 34.6 Å². The number of hydrogen-bond donors (Lipinski definition) is 3. The number of aliphatic hydroxyl groups excluding tert-OH is 3. The molecule has 2 aliphatic heterocycles. The summed E-state index contributed by atoms with van der Waals surface area (Å²) in [6, 6.07) is 0. The lowest BCUT2D eigenvalue weighted by molar-refractivity contribution is -0.151. The van der Waals surface area contributed by atoms with Gasteiger partial charge < -0.3 is 34.3 Å². The van der Waals surface area contributed by atoms with E-state index in [4.69, 9.17) is 24.1 Å². The van der Waals surface area contributed by atoms with Crippen LogP contribution in [0.5, 0.6) is 11.5 Å². The van der Waals surface area contributed by atoms with Crippen LogP contribution in [-0.4, -0.2) is 57.6 Å². The maximum Gasteiger partial charge on any atom is 0.378 e. The number of rotatable bonds is 18. The molecule has 1 aromatic rings. The molecule has 2 aliphatic rings. The van der Waals surface area contributed by atoms with Crippen LogP contribution in [-0.2, 0) is 30.3 Å². The highest BCUT2D eigenvalue weighted by Crippen LogP contribution is 2.45. The molecule has 0 bridgehead atoms. The molecule has 2 heterocycles. The van der Waals surface area contributed by atoms with E-state index in [0.29, 0.717) is 11.7 Å². The minimum absolute atomic E-state index is 0.269. The van der Waals surface area contributed by atoms with Gasteiger partial charge in [-0.15, -0.1) is 0 Å². The van der Waals surface area contributed by atoms with Gasteiger partial charge >= 0.3 is 17.9 Å². The van der Waals surface area contributed by atoms with Crippen LogP contribution in [0.3, 0.4) is 0 Å². The van der Waals surface area contributed by atoms with Gasteiger partial charge in [-0.05, 0) is 87.8 Å². The molecule has 0 fully saturated rings. The molecule has 49 heavy (non-hydrogen) atoms. The molecule has 10 nitrogen and oxygen atoms in total. The Kier molecular flexibility index (Phi) is 14.7. The van der Waals surface area contributed by atoms with E-state index in [-0.39, 0.29) is 5.60 Å². The van der Waals surface area contributed by atoms with E-state index in [1.165, 1.54) is 44.9 Å². The molecule has 3 N–H and O–H groups in total. The molecule has 5 atom stereocenters. The van der Waals surface area contributed by atoms with Gasteiger partial charge in [0.15, 0.2) is 11.9 Å². The van der Waals surface area contributed by atoms with Crippen molar-refractivity contribution in [3.63, 3.8) is 0 Å². The number of ether oxygens (including phenoxy) is 4. The van der Waals surface area contributed by atoms with Crippen LogP contribution in [0.4, 0.5) is 0 Å². The summed E-state index contributed by atoms with van der Waals surface area (Å²) in [5.41, 5.74) is 3.19. The lowest BCUT2D eigenvalue weighted by atomic mass is 9.83. The zero-order chi connectivity index (χ0) is 36.5. The molecule has 1 aromatic carbocycles. The Balaban J connectivity index is 1.53. The minimum Gasteiger partial charge on any atom is -0.505 e. The third-order valence-corrected chi connectivity index (χ3v) is 10.1. The van der Waals surface area contributed by atoms with Crippen molar-refractivity contribution in [1.82, 2.24) is 0 Å². The molecule has 5 unspecified atom stereocenters. The van der Waals surface area contributed by atoms with Crippen LogP contribution in [0.25, 0.3) is 0 Å². The molecular weight excluding hydrogens is 628 g/mol. The van der Waals surface area contributed by atoms with Crippen molar-refractivity contribution in [3.05, 3.63) is 45.9 Å². The van der Waals surface area contributed by atoms with Gasteiger partial charge in [0.2, 0.25) is 0 Å². The predicted molar refractivity (Wildman–Crippen MR) is 186 cm³/mol. The molecule has 0 amide bonds. The number of benzene rings is 1. The number of cyclic esters (lactones) is 1. The van der Waals surface area contributed by atoms with E-state index in [0.717, 1.165) is 77.7 Å². The largest absolute Gasteiger partial charge is 0.505 e. The quantitative estimate of drug-likeness (QED) is 0.0823. The van der Waals surface area contributed by atoms with Crippen molar-refractivity contribution >= 4 is 17.9 Å². The number of aliphatic hydroxyl groups is 3. The van der Waals surface area contributed by atoms with Gasteiger partial charge in [0, 0.05) is 17.7 Å². The number of fused-ring (bicyclic) bond motifs is 1. The van der Waals surface area contributed by atoms with Gasteiger partial charge in [0.05, 0.1) is 6.61 Å². The zero-order valence-electron chi connectivity index (χ0n) is 30.7. The zero-order valence-corrected chi connectivity index (χ0v) is 30.7. The molecule has 0 radical (unpaired) electrons. The fraction of sp³-hybridized carbons (Fsp3) is 0.667. The van der Waals surface area contributed by atoms with Crippen LogP contribution in [0.15, 0.2) is 23.7 Å². The third-order valence-electron chi connectivity index (χ3n) is 10.1. The third kappa shape index (κ3) is 11.1. The molecule has 3 rings (SSSR count). The highest BCUT2D eigenvalue weighted by atomic mass is 16.6. The smallest absolute Gasteiger partial charge is 0.378 e. The topological polar surface area (TPSA) is 149 Å². The van der Waals surface area contributed by atoms with E-state index < -0.39 is 48.2 Å². The summed E-state index contributed by atoms with van der Waals surface area (Å²) < 4.78 is 21.9. The van der Waals surface area contributed by atoms with Crippen molar-refractivity contribution in [2.75, 3.05) is 6.61 Å². The first-order valence-electron chi connectivity index (χ1n) is 17.9. The average Bonchev–Trinajstić information content (AvgIpc) is 3.32. The molecule has 0 aromatic heterocycles. The van der Waals surface area contributed by atoms with Crippen LogP contribution in [0.2, 0.25) is 0 Å². The average molecular weight is 687 g/mol. The first-order valence-corrected chi connectivity index (χ1v) is 17.9. The Morgan fingerprint density at radius 1 is 0.898 bits per heavy atom. The summed E-state index contributed by atoms with van der Waals surface area (Å²) in [5, 5.41) is 28.7. The van der Waals surface area contributed by atoms with Gasteiger partial charge in [0.1, 0.15) is 23.2 Å². The van der Waals surface area contributed by atoms with Crippen LogP contribution in [0, 0.1) is 38.5 Å². The molecule has 0 spiro atoms. The number of carbonyl (C=O) groups excluding carboxylic acids is 3. The number of hydrogen-bond acceptors (Lipinski definition) is 10. The molecule has 274 valence electrons. The Morgan fingerprint density at radius 3 is 2.06 bits per heavy atom. The van der Waals surface area contributed by atoms with Gasteiger partial charge in [-0.2, -0.15) is 0 Å². The van der Waals surface area contributed by atoms with E-state index in [9.17, 15) is 24.6 Å². The first-order chi connectivity index (χ1) is 23.1. The summed E-state index contributed by atoms with van der Waals surface area (Å²) >= 11 is 0. The Morgan fingerprint density at radius 2 is 1.47 bits per heavy atom. The van der Waals surface area contributed by atoms with Crippen LogP contribution in [0.1, 0.15) is 121 Å². The standard InChI is InChI=1S/C39H58O10/c1-23(2)12-9-13-24(3)14-10-15-25(4)16-11-20-39(8)21-19-29-28(7)34(26(5)27(6)35(29)49-39)46-31(42)17-18-32(43)47-37-33(44)36(30(41)22-40)48-38(37)45/h17-18,23-25,30,36,40-41,44H,9-16,19-22H2,1-8H3/b18-17-. The number of esters is 3. The van der Waals surface area contributed by atoms with Crippen molar-refractivity contribution in [2.45, 2.75) is 144 Å². The van der Waals surface area contributed by atoms with Crippen molar-refractivity contribution in [3.8, 4) is 11.5 Å². The fourth-order valence-electron chi connectivity index (χ4n) is 6.73. The maximum absolute atomic E-state index is 12.7. The summed E-state index contributed by atoms with van der Waals surface area (Å²) in [4.78, 5) is 36.9. The Labute approximate surface area is 291 Å². The maximum atomic E-state index is 12.7. The van der Waals surface area contributed by atoms with Crippen LogP contribution >= 0.6 is 0 Å².